The number of anilines is 2. The highest BCUT2D eigenvalue weighted by atomic mass is 35.5. The highest BCUT2D eigenvalue weighted by Crippen LogP contribution is 2.28. The molecule has 0 saturated carbocycles. The number of carbonyl (C=O) groups is 1. The van der Waals surface area contributed by atoms with Crippen LogP contribution < -0.4 is 14.4 Å². The van der Waals surface area contributed by atoms with Gasteiger partial charge >= 0.3 is 0 Å². The smallest absolute Gasteiger partial charge is 0.245 e. The molecule has 144 valence electrons. The maximum absolute atomic E-state index is 12.4. The SMILES string of the molecule is C=CCOc1ccc(NC(=O)CN(c2cccc(Cl)c2C)S(C)(=O)=O)cc1. The number of nitrogens with zero attached hydrogens (tertiary/aromatic N) is 1. The molecule has 2 aromatic carbocycles. The molecule has 1 amide bonds. The van der Waals surface area contributed by atoms with Gasteiger partial charge in [-0.2, -0.15) is 0 Å². The second kappa shape index (κ2) is 8.92. The summed E-state index contributed by atoms with van der Waals surface area (Å²) >= 11 is 6.09. The summed E-state index contributed by atoms with van der Waals surface area (Å²) in [5.41, 5.74) is 1.48. The Balaban J connectivity index is 2.15. The fourth-order valence-corrected chi connectivity index (χ4v) is 3.44. The summed E-state index contributed by atoms with van der Waals surface area (Å²) in [4.78, 5) is 12.4. The molecule has 0 spiro atoms. The number of carbonyl (C=O) groups excluding carboxylic acids is 1. The third kappa shape index (κ3) is 5.74. The van der Waals surface area contributed by atoms with E-state index in [-0.39, 0.29) is 6.54 Å². The van der Waals surface area contributed by atoms with Gasteiger partial charge in [-0.05, 0) is 48.9 Å². The Kier molecular flexibility index (Phi) is 6.87. The standard InChI is InChI=1S/C19H21ClN2O4S/c1-4-12-26-16-10-8-15(9-11-16)21-19(23)13-22(27(3,24)25)18-7-5-6-17(20)14(18)2/h4-11H,1,12-13H2,2-3H3,(H,21,23). The molecule has 2 aromatic rings. The van der Waals surface area contributed by atoms with E-state index in [1.165, 1.54) is 0 Å². The van der Waals surface area contributed by atoms with E-state index >= 15 is 0 Å². The van der Waals surface area contributed by atoms with Crippen LogP contribution in [0.2, 0.25) is 5.02 Å². The number of ether oxygens (including phenoxy) is 1. The minimum absolute atomic E-state index is 0.366. The monoisotopic (exact) mass is 408 g/mol. The van der Waals surface area contributed by atoms with Crippen molar-refractivity contribution in [1.82, 2.24) is 0 Å². The Hall–Kier alpha value is -2.51. The van der Waals surface area contributed by atoms with E-state index in [0.717, 1.165) is 10.6 Å². The molecule has 6 nitrogen and oxygen atoms in total. The molecule has 2 rings (SSSR count). The molecule has 0 saturated heterocycles. The van der Waals surface area contributed by atoms with Crippen LogP contribution in [-0.2, 0) is 14.8 Å². The molecule has 0 heterocycles. The van der Waals surface area contributed by atoms with Crippen molar-refractivity contribution in [2.45, 2.75) is 6.92 Å². The van der Waals surface area contributed by atoms with Gasteiger partial charge in [-0.1, -0.05) is 30.3 Å². The van der Waals surface area contributed by atoms with E-state index in [1.54, 1.807) is 55.5 Å². The lowest BCUT2D eigenvalue weighted by atomic mass is 10.2. The summed E-state index contributed by atoms with van der Waals surface area (Å²) < 4.78 is 30.8. The van der Waals surface area contributed by atoms with Crippen molar-refractivity contribution < 1.29 is 17.9 Å². The fourth-order valence-electron chi connectivity index (χ4n) is 2.37. The maximum Gasteiger partial charge on any atom is 0.245 e. The van der Waals surface area contributed by atoms with Crippen LogP contribution in [-0.4, -0.2) is 33.7 Å². The molecular formula is C19H21ClN2O4S. The van der Waals surface area contributed by atoms with Crippen LogP contribution in [0.3, 0.4) is 0 Å². The van der Waals surface area contributed by atoms with Crippen LogP contribution in [0.1, 0.15) is 5.56 Å². The second-order valence-corrected chi connectivity index (χ2v) is 8.14. The van der Waals surface area contributed by atoms with E-state index in [9.17, 15) is 13.2 Å². The lowest BCUT2D eigenvalue weighted by Crippen LogP contribution is -2.37. The molecular weight excluding hydrogens is 388 g/mol. The van der Waals surface area contributed by atoms with Gasteiger partial charge < -0.3 is 10.1 Å². The lowest BCUT2D eigenvalue weighted by molar-refractivity contribution is -0.114. The summed E-state index contributed by atoms with van der Waals surface area (Å²) in [6.45, 7) is 5.29. The number of amides is 1. The molecule has 27 heavy (non-hydrogen) atoms. The Morgan fingerprint density at radius 1 is 1.26 bits per heavy atom. The van der Waals surface area contributed by atoms with Gasteiger partial charge in [-0.25, -0.2) is 8.42 Å². The van der Waals surface area contributed by atoms with Crippen LogP contribution in [0.25, 0.3) is 0 Å². The minimum atomic E-state index is -3.68. The maximum atomic E-state index is 12.4. The molecule has 0 radical (unpaired) electrons. The van der Waals surface area contributed by atoms with Crippen molar-refractivity contribution in [3.63, 3.8) is 0 Å². The topological polar surface area (TPSA) is 75.7 Å². The number of halogens is 1. The largest absolute Gasteiger partial charge is 0.490 e. The minimum Gasteiger partial charge on any atom is -0.490 e. The van der Waals surface area contributed by atoms with Crippen LogP contribution in [0, 0.1) is 6.92 Å². The molecule has 0 aromatic heterocycles. The first-order chi connectivity index (χ1) is 12.7. The van der Waals surface area contributed by atoms with Crippen molar-refractivity contribution in [3.8, 4) is 5.75 Å². The van der Waals surface area contributed by atoms with Gasteiger partial charge in [0.25, 0.3) is 0 Å². The average Bonchev–Trinajstić information content (AvgIpc) is 2.61. The number of sulfonamides is 1. The van der Waals surface area contributed by atoms with Gasteiger partial charge in [0.2, 0.25) is 15.9 Å². The highest BCUT2D eigenvalue weighted by molar-refractivity contribution is 7.92. The molecule has 0 fully saturated rings. The van der Waals surface area contributed by atoms with E-state index in [1.807, 2.05) is 0 Å². The van der Waals surface area contributed by atoms with Crippen molar-refractivity contribution in [2.75, 3.05) is 29.0 Å². The number of benzene rings is 2. The van der Waals surface area contributed by atoms with Crippen LogP contribution in [0.4, 0.5) is 11.4 Å². The summed E-state index contributed by atoms with van der Waals surface area (Å²) in [5.74, 6) is 0.166. The van der Waals surface area contributed by atoms with Gasteiger partial charge in [-0.15, -0.1) is 0 Å². The molecule has 8 heteroatoms. The molecule has 0 aliphatic carbocycles. The Morgan fingerprint density at radius 3 is 2.52 bits per heavy atom. The first kappa shape index (κ1) is 20.8. The quantitative estimate of drug-likeness (QED) is 0.677. The van der Waals surface area contributed by atoms with Gasteiger partial charge in [0.15, 0.2) is 0 Å². The zero-order valence-corrected chi connectivity index (χ0v) is 16.7. The van der Waals surface area contributed by atoms with E-state index in [0.29, 0.717) is 34.3 Å². The first-order valence-electron chi connectivity index (χ1n) is 8.09. The normalized spacial score (nSPS) is 10.9. The number of nitrogens with one attached hydrogen (secondary N) is 1. The zero-order chi connectivity index (χ0) is 20.0. The third-order valence-corrected chi connectivity index (χ3v) is 5.24. The molecule has 0 unspecified atom stereocenters. The molecule has 1 N–H and O–H groups in total. The highest BCUT2D eigenvalue weighted by Gasteiger charge is 2.23. The van der Waals surface area contributed by atoms with Crippen molar-refractivity contribution in [2.24, 2.45) is 0 Å². The van der Waals surface area contributed by atoms with Crippen LogP contribution >= 0.6 is 11.6 Å². The Bertz CT molecular complexity index is 927. The third-order valence-electron chi connectivity index (χ3n) is 3.70. The molecule has 0 aliphatic rings. The summed E-state index contributed by atoms with van der Waals surface area (Å²) in [6, 6.07) is 11.7. The Morgan fingerprint density at radius 2 is 1.93 bits per heavy atom. The van der Waals surface area contributed by atoms with Gasteiger partial charge in [-0.3, -0.25) is 9.10 Å². The van der Waals surface area contributed by atoms with Crippen LogP contribution in [0.5, 0.6) is 5.75 Å². The zero-order valence-electron chi connectivity index (χ0n) is 15.1. The number of rotatable bonds is 8. The van der Waals surface area contributed by atoms with E-state index < -0.39 is 15.9 Å². The lowest BCUT2D eigenvalue weighted by Gasteiger charge is -2.24. The molecule has 0 atom stereocenters. The second-order valence-electron chi connectivity index (χ2n) is 5.83. The van der Waals surface area contributed by atoms with Crippen molar-refractivity contribution >= 4 is 38.9 Å². The number of hydrogen-bond acceptors (Lipinski definition) is 4. The predicted molar refractivity (Wildman–Crippen MR) is 109 cm³/mol. The first-order valence-corrected chi connectivity index (χ1v) is 10.3. The molecule has 0 aliphatic heterocycles. The summed E-state index contributed by atoms with van der Waals surface area (Å²) in [6.07, 6.45) is 2.68. The van der Waals surface area contributed by atoms with Gasteiger partial charge in [0.05, 0.1) is 11.9 Å². The number of hydrogen-bond donors (Lipinski definition) is 1. The van der Waals surface area contributed by atoms with Crippen molar-refractivity contribution in [3.05, 3.63) is 65.7 Å². The van der Waals surface area contributed by atoms with E-state index in [2.05, 4.69) is 11.9 Å². The Labute approximate surface area is 164 Å². The predicted octanol–water partition coefficient (Wildman–Crippen LogP) is 3.62. The van der Waals surface area contributed by atoms with E-state index in [4.69, 9.17) is 16.3 Å². The van der Waals surface area contributed by atoms with Crippen molar-refractivity contribution in [1.29, 1.82) is 0 Å². The fraction of sp³-hybridized carbons (Fsp3) is 0.211. The van der Waals surface area contributed by atoms with Gasteiger partial charge in [0, 0.05) is 10.7 Å². The summed E-state index contributed by atoms with van der Waals surface area (Å²) in [5, 5.41) is 3.11. The van der Waals surface area contributed by atoms with Crippen LogP contribution in [0.15, 0.2) is 55.1 Å². The average molecular weight is 409 g/mol. The summed E-state index contributed by atoms with van der Waals surface area (Å²) in [7, 11) is -3.68. The molecule has 0 bridgehead atoms. The van der Waals surface area contributed by atoms with Gasteiger partial charge in [0.1, 0.15) is 18.9 Å².